The van der Waals surface area contributed by atoms with Gasteiger partial charge in [0, 0.05) is 55.9 Å². The lowest BCUT2D eigenvalue weighted by molar-refractivity contribution is -0.142. The molecule has 0 aliphatic heterocycles. The molecule has 0 fully saturated rings. The van der Waals surface area contributed by atoms with Crippen LogP contribution in [0.15, 0.2) is 103 Å². The highest BCUT2D eigenvalue weighted by molar-refractivity contribution is 6.00. The molecule has 5 rings (SSSR count). The number of aromatic nitrogens is 1. The number of aliphatic hydroxyl groups is 1. The molecule has 0 aliphatic carbocycles. The normalized spacial score (nSPS) is 14.2. The maximum atomic E-state index is 14.9. The van der Waals surface area contributed by atoms with Crippen LogP contribution in [-0.2, 0) is 83.2 Å². The number of nitrogens with one attached hydrogen (secondary N) is 14. The zero-order valence-corrected chi connectivity index (χ0v) is 58.2. The number of nitrogens with two attached hydrogens (primary N) is 5. The molecule has 0 radical (unpaired) electrons. The Labute approximate surface area is 603 Å². The molecule has 1 heterocycles. The minimum absolute atomic E-state index is 0.00689. The number of hydrogen-bond acceptors (Lipinski definition) is 19. The van der Waals surface area contributed by atoms with Gasteiger partial charge in [0.15, 0.2) is 11.9 Å². The number of benzene rings is 4. The van der Waals surface area contributed by atoms with Crippen LogP contribution in [0.25, 0.3) is 10.9 Å². The van der Waals surface area contributed by atoms with E-state index in [2.05, 4.69) is 63.5 Å². The van der Waals surface area contributed by atoms with Crippen LogP contribution in [0.1, 0.15) is 94.4 Å². The van der Waals surface area contributed by atoms with E-state index in [0.29, 0.717) is 33.2 Å². The van der Waals surface area contributed by atoms with E-state index in [1.165, 1.54) is 60.7 Å². The number of phenolic OH excluding ortho intramolecular Hbond substituents is 3. The number of guanidine groups is 2. The number of rotatable bonds is 43. The minimum atomic E-state index is -1.93. The number of para-hydroxylation sites is 1. The Bertz CT molecular complexity index is 3850. The fraction of sp³-hybridized carbons (Fsp3) is 0.420. The maximum absolute atomic E-state index is 14.9. The number of primary amides is 2. The van der Waals surface area contributed by atoms with Crippen LogP contribution in [0, 0.1) is 16.7 Å². The van der Waals surface area contributed by atoms with Crippen molar-refractivity contribution in [3.63, 3.8) is 0 Å². The molecule has 36 nitrogen and oxygen atoms in total. The number of fused-ring (bicyclic) bond motifs is 1. The Kier molecular flexibility index (Phi) is 32.7. The largest absolute Gasteiger partial charge is 0.508 e. The van der Waals surface area contributed by atoms with Gasteiger partial charge in [-0.3, -0.25) is 63.6 Å². The predicted molar refractivity (Wildman–Crippen MR) is 382 cm³/mol. The van der Waals surface area contributed by atoms with Gasteiger partial charge in [0.05, 0.1) is 18.6 Å². The van der Waals surface area contributed by atoms with Crippen LogP contribution in [0.5, 0.6) is 17.2 Å². The van der Waals surface area contributed by atoms with Gasteiger partial charge in [-0.05, 0) is 123 Å². The second-order valence-corrected chi connectivity index (χ2v) is 25.6. The minimum Gasteiger partial charge on any atom is -0.508 e. The summed E-state index contributed by atoms with van der Waals surface area (Å²) in [6, 6.07) is 7.68. The summed E-state index contributed by atoms with van der Waals surface area (Å²) < 4.78 is 0. The fourth-order valence-electron chi connectivity index (χ4n) is 11.0. The van der Waals surface area contributed by atoms with Gasteiger partial charge in [0.25, 0.3) is 0 Å². The number of carboxylic acids is 1. The number of carbonyl (C=O) groups excluding carboxylic acids is 11. The second kappa shape index (κ2) is 41.1. The molecule has 105 heavy (non-hydrogen) atoms. The molecule has 0 bridgehead atoms. The number of aromatic hydroxyl groups is 3. The Balaban J connectivity index is 1.41. The maximum Gasteiger partial charge on any atom is 0.326 e. The Hall–Kier alpha value is -12.1. The lowest BCUT2D eigenvalue weighted by Crippen LogP contribution is -2.62. The van der Waals surface area contributed by atoms with Crippen molar-refractivity contribution < 1.29 is 83.1 Å². The first-order valence-corrected chi connectivity index (χ1v) is 33.7. The first-order valence-electron chi connectivity index (χ1n) is 33.7. The Morgan fingerprint density at radius 2 is 0.838 bits per heavy atom. The average molecular weight is 1460 g/mol. The molecule has 0 unspecified atom stereocenters. The Morgan fingerprint density at radius 3 is 1.30 bits per heavy atom. The van der Waals surface area contributed by atoms with Gasteiger partial charge in [-0.15, -0.1) is 0 Å². The van der Waals surface area contributed by atoms with Gasteiger partial charge < -0.3 is 118 Å². The summed E-state index contributed by atoms with van der Waals surface area (Å²) in [5.41, 5.74) is 30.8. The molecule has 1 aromatic heterocycles. The van der Waals surface area contributed by atoms with Crippen molar-refractivity contribution in [1.82, 2.24) is 63.5 Å². The smallest absolute Gasteiger partial charge is 0.326 e. The van der Waals surface area contributed by atoms with Crippen LogP contribution < -0.4 is 87.2 Å². The average Bonchev–Trinajstić information content (AvgIpc) is 1.70. The summed E-state index contributed by atoms with van der Waals surface area (Å²) in [7, 11) is 0. The molecule has 11 amide bonds. The van der Waals surface area contributed by atoms with E-state index in [4.69, 9.17) is 39.5 Å². The molecule has 568 valence electrons. The molecule has 0 aliphatic rings. The summed E-state index contributed by atoms with van der Waals surface area (Å²) in [6.45, 7) is 4.45. The van der Waals surface area contributed by atoms with Crippen molar-refractivity contribution in [1.29, 1.82) is 10.8 Å². The number of aliphatic hydroxyl groups excluding tert-OH is 1. The van der Waals surface area contributed by atoms with E-state index >= 15 is 0 Å². The molecular weight excluding hydrogens is 1370 g/mol. The van der Waals surface area contributed by atoms with E-state index in [1.54, 1.807) is 56.4 Å². The predicted octanol–water partition coefficient (Wildman–Crippen LogP) is -3.58. The van der Waals surface area contributed by atoms with Gasteiger partial charge in [0.2, 0.25) is 65.0 Å². The van der Waals surface area contributed by atoms with Gasteiger partial charge in [-0.1, -0.05) is 68.4 Å². The zero-order valence-electron chi connectivity index (χ0n) is 58.2. The van der Waals surface area contributed by atoms with E-state index in [-0.39, 0.29) is 88.1 Å². The van der Waals surface area contributed by atoms with E-state index < -0.39 is 175 Å². The topological polar surface area (TPSA) is 632 Å². The number of phenols is 3. The lowest BCUT2D eigenvalue weighted by atomic mass is 9.99. The van der Waals surface area contributed by atoms with Crippen molar-refractivity contribution in [2.24, 2.45) is 34.6 Å². The standard InChI is InChI=1S/C69H95N19O17/c1-35(2)28-50(84-63(100)52(32-40-34-79-46-9-5-4-8-44(40)46)85-64(101)53(33-56(72)94)86-62(99)51(30-38-14-20-42(91)21-15-38)83-58(95)45(70)29-37-12-18-41(90)19-13-37)65(102)88-57(36(3)89)66(103)82-48(11-7-27-78-69(75)76)59(96)81-49(24-25-55(71)93)61(98)80-47(10-6-26-77-68(73)74)60(97)87-54(67(104)105)31-39-16-22-43(92)23-17-39/h4-5,8-9,12-23,34-36,45,47-54,57,79,89-92H,6-7,10-11,24-33,70H2,1-3H3,(H2,71,93)(H2,72,94)(H,80,98)(H,81,96)(H,82,103)(H,83,95)(H,84,100)(H,85,101)(H,86,99)(H,87,97)(H,88,102)(H,104,105)(H4,73,74,77)(H4,75,76,78)/t36-,45+,47+,48+,49+,50+,51+,52+,53+,54+,57+/m1/s1. The SMILES string of the molecule is CC(C)C[C@H](NC(=O)[C@H](Cc1c[nH]c2ccccc12)NC(=O)[C@H](CC(N)=O)NC(=O)[C@H](Cc1ccc(O)cc1)NC(=O)[C@@H](N)Cc1ccc(O)cc1)C(=O)N[C@H](C(=O)N[C@@H](CCCNC(=N)N)C(=O)N[C@@H](CCC(N)=O)C(=O)N[C@@H](CCCNC(=N)N)C(=O)N[C@@H](Cc1ccc(O)cc1)C(=O)O)[C@@H](C)O. The third kappa shape index (κ3) is 28.7. The molecule has 29 N–H and O–H groups in total. The molecule has 4 aromatic carbocycles. The molecule has 0 saturated heterocycles. The molecule has 11 atom stereocenters. The molecular formula is C69H95N19O17. The summed E-state index contributed by atoms with van der Waals surface area (Å²) >= 11 is 0. The molecule has 0 saturated carbocycles. The molecule has 5 aromatic rings. The van der Waals surface area contributed by atoms with Crippen LogP contribution in [-0.4, -0.2) is 193 Å². The number of hydrogen-bond donors (Lipinski definition) is 24. The van der Waals surface area contributed by atoms with E-state index in [9.17, 15) is 83.1 Å². The fourth-order valence-corrected chi connectivity index (χ4v) is 11.0. The van der Waals surface area contributed by atoms with Crippen LogP contribution in [0.4, 0.5) is 0 Å². The highest BCUT2D eigenvalue weighted by Crippen LogP contribution is 2.21. The quantitative estimate of drug-likeness (QED) is 0.0102. The first kappa shape index (κ1) is 83.6. The van der Waals surface area contributed by atoms with Crippen molar-refractivity contribution in [3.05, 3.63) is 126 Å². The van der Waals surface area contributed by atoms with Gasteiger partial charge in [-0.2, -0.15) is 0 Å². The molecule has 0 spiro atoms. The third-order valence-electron chi connectivity index (χ3n) is 16.4. The van der Waals surface area contributed by atoms with Crippen molar-refractivity contribution >= 4 is 93.8 Å². The van der Waals surface area contributed by atoms with Crippen molar-refractivity contribution in [3.8, 4) is 17.2 Å². The van der Waals surface area contributed by atoms with Crippen LogP contribution in [0.2, 0.25) is 0 Å². The van der Waals surface area contributed by atoms with E-state index in [1.807, 2.05) is 0 Å². The zero-order chi connectivity index (χ0) is 77.6. The van der Waals surface area contributed by atoms with E-state index in [0.717, 1.165) is 6.92 Å². The van der Waals surface area contributed by atoms with Gasteiger partial charge >= 0.3 is 5.97 Å². The third-order valence-corrected chi connectivity index (χ3v) is 16.4. The van der Waals surface area contributed by atoms with Gasteiger partial charge in [0.1, 0.15) is 71.6 Å². The molecule has 36 heteroatoms. The highest BCUT2D eigenvalue weighted by Gasteiger charge is 2.38. The van der Waals surface area contributed by atoms with Crippen LogP contribution >= 0.6 is 0 Å². The summed E-state index contributed by atoms with van der Waals surface area (Å²) in [5.74, 6) is -14.5. The number of aliphatic carboxylic acids is 1. The number of H-pyrrole nitrogens is 1. The Morgan fingerprint density at radius 1 is 0.448 bits per heavy atom. The number of aromatic amines is 1. The monoisotopic (exact) mass is 1460 g/mol. The summed E-state index contributed by atoms with van der Waals surface area (Å²) in [5, 5.41) is 94.2. The van der Waals surface area contributed by atoms with Crippen molar-refractivity contribution in [2.75, 3.05) is 13.1 Å². The van der Waals surface area contributed by atoms with Crippen molar-refractivity contribution in [2.45, 2.75) is 164 Å². The van der Waals surface area contributed by atoms with Gasteiger partial charge in [-0.25, -0.2) is 4.79 Å². The summed E-state index contributed by atoms with van der Waals surface area (Å²) in [4.78, 5) is 170. The number of carboxylic acid groups (broad SMARTS) is 1. The number of carbonyl (C=O) groups is 12. The highest BCUT2D eigenvalue weighted by atomic mass is 16.4. The van der Waals surface area contributed by atoms with Crippen LogP contribution in [0.3, 0.4) is 0 Å². The lowest BCUT2D eigenvalue weighted by Gasteiger charge is -2.29. The second-order valence-electron chi connectivity index (χ2n) is 25.6. The first-order chi connectivity index (χ1) is 49.7. The number of amides is 11. The summed E-state index contributed by atoms with van der Waals surface area (Å²) in [6.07, 6.45) is -3.59.